The maximum atomic E-state index is 11.1. The third kappa shape index (κ3) is 3.51. The molecule has 0 atom stereocenters. The van der Waals surface area contributed by atoms with E-state index in [0.29, 0.717) is 23.4 Å². The molecule has 2 rings (SSSR count). The van der Waals surface area contributed by atoms with E-state index in [1.807, 2.05) is 12.1 Å². The van der Waals surface area contributed by atoms with Crippen molar-refractivity contribution in [2.24, 2.45) is 5.73 Å². The summed E-state index contributed by atoms with van der Waals surface area (Å²) >= 11 is 0. The van der Waals surface area contributed by atoms with Crippen LogP contribution in [-0.4, -0.2) is 13.0 Å². The number of primary amides is 1. The van der Waals surface area contributed by atoms with Crippen molar-refractivity contribution in [3.63, 3.8) is 0 Å². The topological polar surface area (TPSA) is 88.1 Å². The van der Waals surface area contributed by atoms with E-state index < -0.39 is 5.91 Å². The number of nitriles is 1. The highest BCUT2D eigenvalue weighted by Crippen LogP contribution is 2.19. The van der Waals surface area contributed by atoms with Crippen molar-refractivity contribution in [1.82, 2.24) is 0 Å². The molecule has 106 valence electrons. The van der Waals surface area contributed by atoms with Crippen LogP contribution >= 0.6 is 0 Å². The Labute approximate surface area is 123 Å². The van der Waals surface area contributed by atoms with E-state index in [0.717, 1.165) is 11.3 Å². The number of nitrogens with zero attached hydrogens (tertiary/aromatic N) is 1. The molecule has 5 nitrogen and oxygen atoms in total. The zero-order valence-electron chi connectivity index (χ0n) is 11.6. The number of benzene rings is 2. The number of ether oxygens (including phenoxy) is 1. The lowest BCUT2D eigenvalue weighted by molar-refractivity contribution is 0.100. The Kier molecular flexibility index (Phi) is 4.42. The zero-order chi connectivity index (χ0) is 15.2. The Morgan fingerprint density at radius 2 is 2.14 bits per heavy atom. The number of nitrogens with two attached hydrogens (primary N) is 1. The molecule has 0 bridgehead atoms. The van der Waals surface area contributed by atoms with Crippen molar-refractivity contribution in [2.75, 3.05) is 12.4 Å². The van der Waals surface area contributed by atoms with E-state index in [4.69, 9.17) is 15.7 Å². The Hall–Kier alpha value is -3.00. The summed E-state index contributed by atoms with van der Waals surface area (Å²) in [5.41, 5.74) is 7.92. The summed E-state index contributed by atoms with van der Waals surface area (Å²) in [6, 6.07) is 14.5. The molecular weight excluding hydrogens is 266 g/mol. The molecule has 0 saturated heterocycles. The molecule has 2 aromatic rings. The van der Waals surface area contributed by atoms with Crippen LogP contribution in [-0.2, 0) is 6.54 Å². The smallest absolute Gasteiger partial charge is 0.248 e. The van der Waals surface area contributed by atoms with Crippen LogP contribution in [0.1, 0.15) is 21.5 Å². The van der Waals surface area contributed by atoms with Crippen LogP contribution in [0.4, 0.5) is 5.69 Å². The number of amides is 1. The number of nitrogens with one attached hydrogen (secondary N) is 1. The average Bonchev–Trinajstić information content (AvgIpc) is 2.52. The van der Waals surface area contributed by atoms with Crippen molar-refractivity contribution in [3.8, 4) is 11.8 Å². The number of carbonyl (C=O) groups is 1. The van der Waals surface area contributed by atoms with Gasteiger partial charge in [-0.2, -0.15) is 5.26 Å². The molecule has 3 N–H and O–H groups in total. The van der Waals surface area contributed by atoms with Gasteiger partial charge in [0.25, 0.3) is 0 Å². The Balaban J connectivity index is 2.11. The fourth-order valence-electron chi connectivity index (χ4n) is 1.94. The van der Waals surface area contributed by atoms with Gasteiger partial charge in [-0.05, 0) is 35.9 Å². The first-order chi connectivity index (χ1) is 10.1. The van der Waals surface area contributed by atoms with Gasteiger partial charge < -0.3 is 15.8 Å². The van der Waals surface area contributed by atoms with Crippen LogP contribution in [0.15, 0.2) is 42.5 Å². The number of anilines is 1. The number of hydrogen-bond acceptors (Lipinski definition) is 4. The first kappa shape index (κ1) is 14.4. The van der Waals surface area contributed by atoms with Gasteiger partial charge >= 0.3 is 0 Å². The minimum atomic E-state index is -0.463. The lowest BCUT2D eigenvalue weighted by atomic mass is 10.1. The van der Waals surface area contributed by atoms with Gasteiger partial charge in [-0.1, -0.05) is 12.1 Å². The molecular formula is C16H15N3O2. The monoisotopic (exact) mass is 281 g/mol. The second kappa shape index (κ2) is 6.44. The number of hydrogen-bond donors (Lipinski definition) is 2. The largest absolute Gasteiger partial charge is 0.495 e. The second-order valence-electron chi connectivity index (χ2n) is 4.45. The van der Waals surface area contributed by atoms with Gasteiger partial charge in [-0.3, -0.25) is 4.79 Å². The standard InChI is InChI=1S/C16H15N3O2/c1-21-15-6-5-11(7-13(15)9-17)10-19-14-4-2-3-12(8-14)16(18)20/h2-8,19H,10H2,1H3,(H2,18,20). The van der Waals surface area contributed by atoms with E-state index in [-0.39, 0.29) is 0 Å². The summed E-state index contributed by atoms with van der Waals surface area (Å²) < 4.78 is 5.10. The molecule has 0 heterocycles. The summed E-state index contributed by atoms with van der Waals surface area (Å²) in [5.74, 6) is 0.0897. The van der Waals surface area contributed by atoms with Crippen LogP contribution in [0.2, 0.25) is 0 Å². The maximum absolute atomic E-state index is 11.1. The minimum absolute atomic E-state index is 0.451. The Morgan fingerprint density at radius 3 is 2.81 bits per heavy atom. The van der Waals surface area contributed by atoms with Gasteiger partial charge in [0, 0.05) is 17.8 Å². The Bertz CT molecular complexity index is 705. The highest BCUT2D eigenvalue weighted by molar-refractivity contribution is 5.93. The van der Waals surface area contributed by atoms with E-state index in [2.05, 4.69) is 11.4 Å². The van der Waals surface area contributed by atoms with Gasteiger partial charge in [0.1, 0.15) is 11.8 Å². The summed E-state index contributed by atoms with van der Waals surface area (Å²) in [6.45, 7) is 0.529. The molecule has 0 aromatic heterocycles. The van der Waals surface area contributed by atoms with E-state index >= 15 is 0 Å². The van der Waals surface area contributed by atoms with Crippen LogP contribution < -0.4 is 15.8 Å². The van der Waals surface area contributed by atoms with Crippen molar-refractivity contribution < 1.29 is 9.53 Å². The quantitative estimate of drug-likeness (QED) is 0.880. The summed E-state index contributed by atoms with van der Waals surface area (Å²) in [4.78, 5) is 11.1. The summed E-state index contributed by atoms with van der Waals surface area (Å²) in [7, 11) is 1.53. The molecule has 0 aliphatic heterocycles. The lowest BCUT2D eigenvalue weighted by Crippen LogP contribution is -2.11. The first-order valence-corrected chi connectivity index (χ1v) is 6.35. The predicted octanol–water partition coefficient (Wildman–Crippen LogP) is 2.28. The second-order valence-corrected chi connectivity index (χ2v) is 4.45. The summed E-state index contributed by atoms with van der Waals surface area (Å²) in [5, 5.41) is 12.2. The van der Waals surface area contributed by atoms with Gasteiger partial charge in [0.2, 0.25) is 5.91 Å². The third-order valence-corrected chi connectivity index (χ3v) is 3.03. The molecule has 0 unspecified atom stereocenters. The van der Waals surface area contributed by atoms with Crippen LogP contribution in [0.5, 0.6) is 5.75 Å². The first-order valence-electron chi connectivity index (χ1n) is 6.35. The Morgan fingerprint density at radius 1 is 1.33 bits per heavy atom. The van der Waals surface area contributed by atoms with Crippen LogP contribution in [0.3, 0.4) is 0 Å². The highest BCUT2D eigenvalue weighted by atomic mass is 16.5. The SMILES string of the molecule is COc1ccc(CNc2cccc(C(N)=O)c2)cc1C#N. The zero-order valence-corrected chi connectivity index (χ0v) is 11.6. The van der Waals surface area contributed by atoms with Crippen molar-refractivity contribution in [1.29, 1.82) is 5.26 Å². The molecule has 0 aliphatic carbocycles. The molecule has 0 saturated carbocycles. The average molecular weight is 281 g/mol. The maximum Gasteiger partial charge on any atom is 0.248 e. The molecule has 0 radical (unpaired) electrons. The van der Waals surface area contributed by atoms with E-state index in [1.54, 1.807) is 30.3 Å². The van der Waals surface area contributed by atoms with Crippen molar-refractivity contribution in [3.05, 3.63) is 59.2 Å². The molecule has 0 aliphatic rings. The molecule has 5 heteroatoms. The van der Waals surface area contributed by atoms with Crippen LogP contribution in [0, 0.1) is 11.3 Å². The van der Waals surface area contributed by atoms with Gasteiger partial charge in [-0.25, -0.2) is 0 Å². The van der Waals surface area contributed by atoms with Crippen molar-refractivity contribution >= 4 is 11.6 Å². The number of rotatable bonds is 5. The predicted molar refractivity (Wildman–Crippen MR) is 80.0 cm³/mol. The molecule has 0 spiro atoms. The molecule has 21 heavy (non-hydrogen) atoms. The van der Waals surface area contributed by atoms with E-state index in [9.17, 15) is 4.79 Å². The number of methoxy groups -OCH3 is 1. The van der Waals surface area contributed by atoms with Gasteiger partial charge in [-0.15, -0.1) is 0 Å². The molecule has 2 aromatic carbocycles. The van der Waals surface area contributed by atoms with Gasteiger partial charge in [0.05, 0.1) is 12.7 Å². The number of carbonyl (C=O) groups excluding carboxylic acids is 1. The molecule has 1 amide bonds. The van der Waals surface area contributed by atoms with Crippen LogP contribution in [0.25, 0.3) is 0 Å². The lowest BCUT2D eigenvalue weighted by Gasteiger charge is -2.09. The minimum Gasteiger partial charge on any atom is -0.495 e. The fraction of sp³-hybridized carbons (Fsp3) is 0.125. The normalized spacial score (nSPS) is 9.71. The summed E-state index contributed by atoms with van der Waals surface area (Å²) in [6.07, 6.45) is 0. The highest BCUT2D eigenvalue weighted by Gasteiger charge is 2.04. The van der Waals surface area contributed by atoms with Gasteiger partial charge in [0.15, 0.2) is 0 Å². The molecule has 0 fully saturated rings. The third-order valence-electron chi connectivity index (χ3n) is 3.03. The van der Waals surface area contributed by atoms with E-state index in [1.165, 1.54) is 7.11 Å². The van der Waals surface area contributed by atoms with Crippen molar-refractivity contribution in [2.45, 2.75) is 6.54 Å². The fourth-order valence-corrected chi connectivity index (χ4v) is 1.94.